The third-order valence-electron chi connectivity index (χ3n) is 2.69. The Kier molecular flexibility index (Phi) is 4.85. The maximum atomic E-state index is 12.3. The van der Waals surface area contributed by atoms with Gasteiger partial charge in [-0.1, -0.05) is 12.1 Å². The Hall–Kier alpha value is -0.890. The van der Waals surface area contributed by atoms with Crippen LogP contribution < -0.4 is 10.0 Å². The third-order valence-corrected chi connectivity index (χ3v) is 6.68. The minimum absolute atomic E-state index is 0.316. The minimum atomic E-state index is -3.54. The Morgan fingerprint density at radius 2 is 2.00 bits per heavy atom. The minimum Gasteiger partial charge on any atom is -0.315 e. The highest BCUT2D eigenvalue weighted by Gasteiger charge is 2.18. The van der Waals surface area contributed by atoms with Crippen molar-refractivity contribution in [2.24, 2.45) is 0 Å². The van der Waals surface area contributed by atoms with E-state index < -0.39 is 10.0 Å². The molecule has 2 aromatic rings. The van der Waals surface area contributed by atoms with Crippen molar-refractivity contribution in [3.05, 3.63) is 45.2 Å². The first-order valence-electron chi connectivity index (χ1n) is 5.95. The molecule has 108 valence electrons. The number of thiophene rings is 1. The number of sulfonamides is 1. The van der Waals surface area contributed by atoms with E-state index >= 15 is 0 Å². The molecule has 0 radical (unpaired) electrons. The second-order valence-electron chi connectivity index (χ2n) is 4.29. The van der Waals surface area contributed by atoms with Gasteiger partial charge >= 0.3 is 0 Å². The van der Waals surface area contributed by atoms with E-state index in [1.807, 2.05) is 32.2 Å². The van der Waals surface area contributed by atoms with Crippen LogP contribution in [0.3, 0.4) is 0 Å². The fourth-order valence-corrected chi connectivity index (χ4v) is 4.63. The zero-order valence-corrected chi connectivity index (χ0v) is 14.3. The van der Waals surface area contributed by atoms with Gasteiger partial charge < -0.3 is 5.32 Å². The molecule has 0 fully saturated rings. The molecule has 2 rings (SSSR count). The first-order valence-corrected chi connectivity index (χ1v) is 9.04. The average molecular weight is 375 g/mol. The zero-order valence-electron chi connectivity index (χ0n) is 11.1. The van der Waals surface area contributed by atoms with Crippen LogP contribution in [0.4, 0.5) is 5.69 Å². The number of rotatable bonds is 5. The lowest BCUT2D eigenvalue weighted by Crippen LogP contribution is -2.12. The number of hydrogen-bond donors (Lipinski definition) is 2. The van der Waals surface area contributed by atoms with Crippen LogP contribution in [0.15, 0.2) is 39.0 Å². The van der Waals surface area contributed by atoms with E-state index in [0.29, 0.717) is 16.4 Å². The van der Waals surface area contributed by atoms with E-state index in [9.17, 15) is 8.42 Å². The molecule has 1 aromatic heterocycles. The predicted octanol–water partition coefficient (Wildman–Crippen LogP) is 3.34. The number of hydrogen-bond acceptors (Lipinski definition) is 4. The van der Waals surface area contributed by atoms with Gasteiger partial charge in [-0.2, -0.15) is 0 Å². The van der Waals surface area contributed by atoms with Gasteiger partial charge in [0.15, 0.2) is 0 Å². The molecule has 0 bridgehead atoms. The molecule has 0 spiro atoms. The predicted molar refractivity (Wildman–Crippen MR) is 86.8 cm³/mol. The van der Waals surface area contributed by atoms with E-state index in [2.05, 4.69) is 26.0 Å². The fourth-order valence-electron chi connectivity index (χ4n) is 1.69. The summed E-state index contributed by atoms with van der Waals surface area (Å²) in [5.41, 5.74) is 1.53. The van der Waals surface area contributed by atoms with Crippen LogP contribution in [0.2, 0.25) is 0 Å². The van der Waals surface area contributed by atoms with Crippen molar-refractivity contribution in [1.82, 2.24) is 5.32 Å². The van der Waals surface area contributed by atoms with Crippen molar-refractivity contribution in [3.8, 4) is 0 Å². The normalized spacial score (nSPS) is 11.6. The molecule has 2 N–H and O–H groups in total. The van der Waals surface area contributed by atoms with Gasteiger partial charge in [0.1, 0.15) is 4.21 Å². The number of benzene rings is 1. The Morgan fingerprint density at radius 1 is 1.25 bits per heavy atom. The summed E-state index contributed by atoms with van der Waals surface area (Å²) >= 11 is 4.67. The molecule has 0 saturated heterocycles. The van der Waals surface area contributed by atoms with Crippen molar-refractivity contribution in [2.75, 3.05) is 11.8 Å². The van der Waals surface area contributed by atoms with Crippen molar-refractivity contribution < 1.29 is 8.42 Å². The lowest BCUT2D eigenvalue weighted by molar-refractivity contribution is 0.603. The zero-order chi connectivity index (χ0) is 14.8. The molecule has 7 heteroatoms. The summed E-state index contributed by atoms with van der Waals surface area (Å²) in [5.74, 6) is 0. The van der Waals surface area contributed by atoms with Gasteiger partial charge in [0.2, 0.25) is 0 Å². The second kappa shape index (κ2) is 6.26. The lowest BCUT2D eigenvalue weighted by atomic mass is 10.2. The molecule has 4 nitrogen and oxygen atoms in total. The quantitative estimate of drug-likeness (QED) is 0.843. The summed E-state index contributed by atoms with van der Waals surface area (Å²) in [7, 11) is -1.71. The molecule has 1 heterocycles. The molecular formula is C13H15BrN2O2S2. The molecule has 0 atom stereocenters. The van der Waals surface area contributed by atoms with Crippen LogP contribution in [0.1, 0.15) is 10.4 Å². The standard InChI is InChI=1S/C13H15BrN2O2S2/c1-9-4-3-5-11(13(9)14)16-20(17,18)12-7-6-10(19-12)8-15-2/h3-7,15-16H,8H2,1-2H3. The molecular weight excluding hydrogens is 360 g/mol. The van der Waals surface area contributed by atoms with Gasteiger partial charge in [-0.25, -0.2) is 8.42 Å². The Labute approximate surface area is 131 Å². The summed E-state index contributed by atoms with van der Waals surface area (Å²) in [6, 6.07) is 8.91. The monoisotopic (exact) mass is 374 g/mol. The SMILES string of the molecule is CNCc1ccc(S(=O)(=O)Nc2cccc(C)c2Br)s1. The van der Waals surface area contributed by atoms with Crippen molar-refractivity contribution in [1.29, 1.82) is 0 Å². The second-order valence-corrected chi connectivity index (χ2v) is 8.16. The number of halogens is 1. The number of nitrogens with one attached hydrogen (secondary N) is 2. The van der Waals surface area contributed by atoms with Gasteiger partial charge in [0, 0.05) is 15.9 Å². The molecule has 0 saturated carbocycles. The summed E-state index contributed by atoms with van der Waals surface area (Å²) in [6.45, 7) is 2.58. The van der Waals surface area contributed by atoms with Crippen LogP contribution >= 0.6 is 27.3 Å². The van der Waals surface area contributed by atoms with E-state index in [-0.39, 0.29) is 0 Å². The van der Waals surface area contributed by atoms with Gasteiger partial charge in [0.05, 0.1) is 5.69 Å². The van der Waals surface area contributed by atoms with Crippen LogP contribution in [-0.4, -0.2) is 15.5 Å². The van der Waals surface area contributed by atoms with E-state index in [1.165, 1.54) is 11.3 Å². The molecule has 0 aliphatic carbocycles. The Balaban J connectivity index is 2.28. The summed E-state index contributed by atoms with van der Waals surface area (Å²) in [5, 5.41) is 3.00. The summed E-state index contributed by atoms with van der Waals surface area (Å²) in [4.78, 5) is 0.983. The summed E-state index contributed by atoms with van der Waals surface area (Å²) < 4.78 is 28.4. The molecule has 20 heavy (non-hydrogen) atoms. The Morgan fingerprint density at radius 3 is 2.70 bits per heavy atom. The first-order chi connectivity index (χ1) is 9.44. The van der Waals surface area contributed by atoms with Gasteiger partial charge in [-0.05, 0) is 53.7 Å². The highest BCUT2D eigenvalue weighted by Crippen LogP contribution is 2.29. The molecule has 0 amide bonds. The maximum absolute atomic E-state index is 12.3. The highest BCUT2D eigenvalue weighted by molar-refractivity contribution is 9.10. The molecule has 0 aliphatic heterocycles. The fraction of sp³-hybridized carbons (Fsp3) is 0.231. The van der Waals surface area contributed by atoms with Gasteiger partial charge in [0.25, 0.3) is 10.0 Å². The Bertz CT molecular complexity index is 711. The first kappa shape index (κ1) is 15.5. The van der Waals surface area contributed by atoms with E-state index in [0.717, 1.165) is 14.9 Å². The molecule has 0 unspecified atom stereocenters. The van der Waals surface area contributed by atoms with Crippen LogP contribution in [-0.2, 0) is 16.6 Å². The lowest BCUT2D eigenvalue weighted by Gasteiger charge is -2.09. The van der Waals surface area contributed by atoms with E-state index in [1.54, 1.807) is 12.1 Å². The highest BCUT2D eigenvalue weighted by atomic mass is 79.9. The van der Waals surface area contributed by atoms with Crippen LogP contribution in [0.25, 0.3) is 0 Å². The topological polar surface area (TPSA) is 58.2 Å². The molecule has 0 aliphatic rings. The van der Waals surface area contributed by atoms with Gasteiger partial charge in [-0.3, -0.25) is 4.72 Å². The molecule has 1 aromatic carbocycles. The van der Waals surface area contributed by atoms with Crippen LogP contribution in [0.5, 0.6) is 0 Å². The number of aryl methyl sites for hydroxylation is 1. The number of anilines is 1. The average Bonchev–Trinajstić information content (AvgIpc) is 2.85. The van der Waals surface area contributed by atoms with E-state index in [4.69, 9.17) is 0 Å². The third kappa shape index (κ3) is 3.41. The van der Waals surface area contributed by atoms with Gasteiger partial charge in [-0.15, -0.1) is 11.3 Å². The van der Waals surface area contributed by atoms with Crippen molar-refractivity contribution >= 4 is 43.0 Å². The maximum Gasteiger partial charge on any atom is 0.271 e. The summed E-state index contributed by atoms with van der Waals surface area (Å²) in [6.07, 6.45) is 0. The van der Waals surface area contributed by atoms with Crippen molar-refractivity contribution in [3.63, 3.8) is 0 Å². The van der Waals surface area contributed by atoms with Crippen LogP contribution in [0, 0.1) is 6.92 Å². The van der Waals surface area contributed by atoms with Crippen molar-refractivity contribution in [2.45, 2.75) is 17.7 Å². The smallest absolute Gasteiger partial charge is 0.271 e. The largest absolute Gasteiger partial charge is 0.315 e.